The van der Waals surface area contributed by atoms with Crippen LogP contribution in [0.2, 0.25) is 0 Å². The van der Waals surface area contributed by atoms with Gasteiger partial charge in [0.25, 0.3) is 0 Å². The number of H-pyrrole nitrogens is 1. The van der Waals surface area contributed by atoms with E-state index >= 15 is 0 Å². The summed E-state index contributed by atoms with van der Waals surface area (Å²) in [7, 11) is 0. The summed E-state index contributed by atoms with van der Waals surface area (Å²) in [6.45, 7) is 4.37. The first-order valence-electron chi connectivity index (χ1n) is 5.54. The average molecular weight is 212 g/mol. The highest BCUT2D eigenvalue weighted by Crippen LogP contribution is 2.25. The van der Waals surface area contributed by atoms with Gasteiger partial charge >= 0.3 is 0 Å². The molecule has 0 aliphatic carbocycles. The molecule has 0 saturated heterocycles. The van der Waals surface area contributed by atoms with Crippen molar-refractivity contribution in [1.82, 2.24) is 4.98 Å². The van der Waals surface area contributed by atoms with Crippen molar-refractivity contribution in [2.75, 3.05) is 0 Å². The molecular weight excluding hydrogens is 196 g/mol. The van der Waals surface area contributed by atoms with Crippen molar-refractivity contribution in [3.63, 3.8) is 0 Å². The number of hydrogen-bond donors (Lipinski definition) is 1. The van der Waals surface area contributed by atoms with Crippen LogP contribution in [0.5, 0.6) is 0 Å². The van der Waals surface area contributed by atoms with Crippen molar-refractivity contribution in [1.29, 1.82) is 0 Å². The van der Waals surface area contributed by atoms with Gasteiger partial charge in [0.1, 0.15) is 0 Å². The van der Waals surface area contributed by atoms with Crippen LogP contribution in [0.4, 0.5) is 5.69 Å². The van der Waals surface area contributed by atoms with E-state index in [9.17, 15) is 0 Å². The molecule has 0 aliphatic rings. The Bertz CT molecular complexity index is 467. The Morgan fingerprint density at radius 3 is 2.62 bits per heavy atom. The van der Waals surface area contributed by atoms with Crippen molar-refractivity contribution in [3.05, 3.63) is 53.9 Å². The van der Waals surface area contributed by atoms with Gasteiger partial charge in [-0.05, 0) is 29.7 Å². The smallest absolute Gasteiger partial charge is 0.0665 e. The number of para-hydroxylation sites is 1. The predicted molar refractivity (Wildman–Crippen MR) is 68.6 cm³/mol. The molecule has 2 heteroatoms. The van der Waals surface area contributed by atoms with E-state index in [0.29, 0.717) is 5.92 Å². The highest BCUT2D eigenvalue weighted by atomic mass is 14.8. The van der Waals surface area contributed by atoms with E-state index in [1.54, 1.807) is 0 Å². The molecular formula is C14H16N2. The predicted octanol–water partition coefficient (Wildman–Crippen LogP) is 3.89. The number of rotatable bonds is 3. The second-order valence-electron chi connectivity index (χ2n) is 4.10. The molecule has 82 valence electrons. The van der Waals surface area contributed by atoms with Gasteiger partial charge in [0.15, 0.2) is 0 Å². The highest BCUT2D eigenvalue weighted by molar-refractivity contribution is 5.80. The summed E-state index contributed by atoms with van der Waals surface area (Å²) >= 11 is 0. The Labute approximate surface area is 96.1 Å². The third-order valence-corrected chi connectivity index (χ3v) is 2.52. The number of nitrogens with zero attached hydrogens (tertiary/aromatic N) is 1. The summed E-state index contributed by atoms with van der Waals surface area (Å²) < 4.78 is 0. The summed E-state index contributed by atoms with van der Waals surface area (Å²) in [5, 5.41) is 0. The zero-order valence-corrected chi connectivity index (χ0v) is 9.64. The molecule has 1 heterocycles. The van der Waals surface area contributed by atoms with Crippen molar-refractivity contribution in [3.8, 4) is 0 Å². The van der Waals surface area contributed by atoms with Crippen LogP contribution in [0, 0.1) is 0 Å². The van der Waals surface area contributed by atoms with Gasteiger partial charge in [0, 0.05) is 6.20 Å². The molecule has 2 nitrogen and oxygen atoms in total. The number of nitrogens with one attached hydrogen (secondary N) is 1. The lowest BCUT2D eigenvalue weighted by atomic mass is 10.0. The lowest BCUT2D eigenvalue weighted by molar-refractivity contribution is 0.867. The molecule has 0 unspecified atom stereocenters. The zero-order chi connectivity index (χ0) is 11.4. The fourth-order valence-electron chi connectivity index (χ4n) is 1.66. The molecule has 0 amide bonds. The molecule has 1 N–H and O–H groups in total. The van der Waals surface area contributed by atoms with Gasteiger partial charge in [0.05, 0.1) is 17.6 Å². The standard InChI is InChI=1S/C14H16N2/c1-11(2)13-7-3-4-8-14(13)16-10-12-6-5-9-15-12/h3-11,15H,1-2H3. The van der Waals surface area contributed by atoms with E-state index in [-0.39, 0.29) is 0 Å². The van der Waals surface area contributed by atoms with Gasteiger partial charge < -0.3 is 4.98 Å². The molecule has 0 fully saturated rings. The largest absolute Gasteiger partial charge is 0.360 e. The molecule has 0 bridgehead atoms. The minimum atomic E-state index is 0.497. The molecule has 0 spiro atoms. The van der Waals surface area contributed by atoms with Crippen LogP contribution in [-0.4, -0.2) is 11.2 Å². The maximum atomic E-state index is 4.51. The van der Waals surface area contributed by atoms with Crippen molar-refractivity contribution < 1.29 is 0 Å². The SMILES string of the molecule is CC(C)c1ccccc1N=Cc1ccc[nH]1. The Kier molecular flexibility index (Phi) is 3.20. The maximum absolute atomic E-state index is 4.51. The first-order chi connectivity index (χ1) is 7.77. The van der Waals surface area contributed by atoms with Crippen LogP contribution >= 0.6 is 0 Å². The Morgan fingerprint density at radius 1 is 1.12 bits per heavy atom. The van der Waals surface area contributed by atoms with Crippen LogP contribution in [0.25, 0.3) is 0 Å². The minimum absolute atomic E-state index is 0.497. The van der Waals surface area contributed by atoms with Crippen LogP contribution in [0.15, 0.2) is 47.6 Å². The number of aliphatic imine (C=N–C) groups is 1. The van der Waals surface area contributed by atoms with E-state index in [4.69, 9.17) is 0 Å². The molecule has 0 radical (unpaired) electrons. The van der Waals surface area contributed by atoms with E-state index in [1.165, 1.54) is 5.56 Å². The zero-order valence-electron chi connectivity index (χ0n) is 9.64. The summed E-state index contributed by atoms with van der Waals surface area (Å²) in [6, 6.07) is 12.2. The lowest BCUT2D eigenvalue weighted by Crippen LogP contribution is -1.88. The summed E-state index contributed by atoms with van der Waals surface area (Å²) in [5.74, 6) is 0.497. The van der Waals surface area contributed by atoms with E-state index in [0.717, 1.165) is 11.4 Å². The van der Waals surface area contributed by atoms with Gasteiger partial charge in [-0.15, -0.1) is 0 Å². The van der Waals surface area contributed by atoms with Gasteiger partial charge in [-0.2, -0.15) is 0 Å². The molecule has 1 aromatic carbocycles. The first-order valence-corrected chi connectivity index (χ1v) is 5.54. The second kappa shape index (κ2) is 4.79. The molecule has 2 aromatic rings. The summed E-state index contributed by atoms with van der Waals surface area (Å²) in [4.78, 5) is 7.62. The Morgan fingerprint density at radius 2 is 1.94 bits per heavy atom. The molecule has 0 saturated carbocycles. The summed E-state index contributed by atoms with van der Waals surface area (Å²) in [5.41, 5.74) is 3.36. The van der Waals surface area contributed by atoms with Gasteiger partial charge in [-0.3, -0.25) is 4.99 Å². The normalized spacial score (nSPS) is 11.4. The minimum Gasteiger partial charge on any atom is -0.360 e. The maximum Gasteiger partial charge on any atom is 0.0665 e. The van der Waals surface area contributed by atoms with Crippen LogP contribution < -0.4 is 0 Å². The van der Waals surface area contributed by atoms with Gasteiger partial charge in [-0.1, -0.05) is 32.0 Å². The number of aromatic amines is 1. The quantitative estimate of drug-likeness (QED) is 0.748. The number of hydrogen-bond acceptors (Lipinski definition) is 1. The Hall–Kier alpha value is -1.83. The fraction of sp³-hybridized carbons (Fsp3) is 0.214. The van der Waals surface area contributed by atoms with E-state index < -0.39 is 0 Å². The first kappa shape index (κ1) is 10.7. The number of aromatic nitrogens is 1. The van der Waals surface area contributed by atoms with Gasteiger partial charge in [0.2, 0.25) is 0 Å². The third kappa shape index (κ3) is 2.40. The third-order valence-electron chi connectivity index (χ3n) is 2.52. The second-order valence-corrected chi connectivity index (χ2v) is 4.10. The van der Waals surface area contributed by atoms with Crippen LogP contribution in [0.1, 0.15) is 31.0 Å². The monoisotopic (exact) mass is 212 g/mol. The Balaban J connectivity index is 2.27. The van der Waals surface area contributed by atoms with Crippen molar-refractivity contribution >= 4 is 11.9 Å². The van der Waals surface area contributed by atoms with Crippen LogP contribution in [0.3, 0.4) is 0 Å². The molecule has 2 rings (SSSR count). The number of benzene rings is 1. The summed E-state index contributed by atoms with van der Waals surface area (Å²) in [6.07, 6.45) is 3.76. The molecule has 1 aromatic heterocycles. The topological polar surface area (TPSA) is 28.1 Å². The molecule has 16 heavy (non-hydrogen) atoms. The van der Waals surface area contributed by atoms with Crippen LogP contribution in [-0.2, 0) is 0 Å². The van der Waals surface area contributed by atoms with Gasteiger partial charge in [-0.25, -0.2) is 0 Å². The van der Waals surface area contributed by atoms with Crippen molar-refractivity contribution in [2.24, 2.45) is 4.99 Å². The van der Waals surface area contributed by atoms with E-state index in [1.807, 2.05) is 30.6 Å². The van der Waals surface area contributed by atoms with E-state index in [2.05, 4.69) is 42.0 Å². The average Bonchev–Trinajstić information content (AvgIpc) is 2.79. The van der Waals surface area contributed by atoms with Crippen molar-refractivity contribution in [2.45, 2.75) is 19.8 Å². The highest BCUT2D eigenvalue weighted by Gasteiger charge is 2.03. The molecule has 0 aliphatic heterocycles. The lowest BCUT2D eigenvalue weighted by Gasteiger charge is -2.07. The fourth-order valence-corrected chi connectivity index (χ4v) is 1.66. The molecule has 0 atom stereocenters.